The van der Waals surface area contributed by atoms with Crippen LogP contribution in [0.15, 0.2) is 36.7 Å². The summed E-state index contributed by atoms with van der Waals surface area (Å²) in [6, 6.07) is 6.62. The number of aliphatic hydroxyl groups is 2. The van der Waals surface area contributed by atoms with Crippen molar-refractivity contribution in [2.45, 2.75) is 64.1 Å². The number of benzene rings is 1. The molecule has 3 aromatic rings. The van der Waals surface area contributed by atoms with Crippen LogP contribution in [0.5, 0.6) is 11.6 Å². The molecule has 0 radical (unpaired) electrons. The van der Waals surface area contributed by atoms with Gasteiger partial charge in [0.05, 0.1) is 19.0 Å². The number of hydrogen-bond acceptors (Lipinski definition) is 13. The van der Waals surface area contributed by atoms with Crippen LogP contribution in [0.1, 0.15) is 33.9 Å². The number of rotatable bonds is 12. The molecule has 1 aliphatic rings. The van der Waals surface area contributed by atoms with Gasteiger partial charge in [0.25, 0.3) is 5.85 Å². The van der Waals surface area contributed by atoms with Crippen LogP contribution in [-0.2, 0) is 23.4 Å². The highest BCUT2D eigenvalue weighted by atomic mass is 31.2. The fourth-order valence-electron chi connectivity index (χ4n) is 3.93. The Hall–Kier alpha value is -3.40. The number of aromatic nitrogens is 4. The average molecular weight is 599 g/mol. The molecule has 3 heterocycles. The van der Waals surface area contributed by atoms with E-state index in [2.05, 4.69) is 20.0 Å². The van der Waals surface area contributed by atoms with Gasteiger partial charge in [-0.05, 0) is 39.8 Å². The third-order valence-corrected chi connectivity index (χ3v) is 7.42. The van der Waals surface area contributed by atoms with Gasteiger partial charge in [0.15, 0.2) is 17.4 Å². The van der Waals surface area contributed by atoms with Crippen molar-refractivity contribution in [2.24, 2.45) is 0 Å². The van der Waals surface area contributed by atoms with E-state index < -0.39 is 56.8 Å². The molecule has 1 fully saturated rings. The number of carbonyl (C=O) groups is 1. The fraction of sp³-hybridized carbons (Fsp3) is 0.500. The number of carbonyl (C=O) groups excluding carboxylic acids is 1. The Morgan fingerprint density at radius 2 is 1.98 bits per heavy atom. The molecule has 0 bridgehead atoms. The largest absolute Gasteiger partial charge is 0.476 e. The lowest BCUT2D eigenvalue weighted by Gasteiger charge is -2.27. The van der Waals surface area contributed by atoms with Crippen molar-refractivity contribution in [1.82, 2.24) is 24.6 Å². The molecule has 1 unspecified atom stereocenters. The second-order valence-electron chi connectivity index (χ2n) is 9.39. The van der Waals surface area contributed by atoms with Crippen molar-refractivity contribution in [3.63, 3.8) is 0 Å². The molecule has 0 aliphatic carbocycles. The van der Waals surface area contributed by atoms with E-state index in [-0.39, 0.29) is 35.3 Å². The van der Waals surface area contributed by atoms with Gasteiger partial charge in [0.2, 0.25) is 11.8 Å². The molecule has 17 heteroatoms. The average Bonchev–Trinajstić information content (AvgIpc) is 3.42. The Morgan fingerprint density at radius 3 is 2.63 bits per heavy atom. The fourth-order valence-corrected chi connectivity index (χ4v) is 5.43. The number of nitrogens with two attached hydrogens (primary N) is 1. The maximum atomic E-state index is 16.0. The third-order valence-electron chi connectivity index (χ3n) is 5.79. The van der Waals surface area contributed by atoms with Gasteiger partial charge in [-0.15, -0.1) is 0 Å². The number of para-hydroxylation sites is 1. The van der Waals surface area contributed by atoms with Gasteiger partial charge in [-0.25, -0.2) is 13.9 Å². The van der Waals surface area contributed by atoms with E-state index in [1.165, 1.54) is 25.4 Å². The monoisotopic (exact) mass is 598 g/mol. The van der Waals surface area contributed by atoms with Crippen LogP contribution in [-0.4, -0.2) is 79.1 Å². The van der Waals surface area contributed by atoms with Gasteiger partial charge in [-0.2, -0.15) is 15.1 Å². The molecule has 0 amide bonds. The summed E-state index contributed by atoms with van der Waals surface area (Å²) in [6.45, 7) is 5.42. The molecular weight excluding hydrogens is 566 g/mol. The van der Waals surface area contributed by atoms with E-state index in [4.69, 9.17) is 29.0 Å². The summed E-state index contributed by atoms with van der Waals surface area (Å²) in [5.74, 6) is -3.89. The molecule has 41 heavy (non-hydrogen) atoms. The van der Waals surface area contributed by atoms with Crippen LogP contribution in [0.3, 0.4) is 0 Å². The lowest BCUT2D eigenvalue weighted by Crippen LogP contribution is -2.44. The summed E-state index contributed by atoms with van der Waals surface area (Å²) in [5, 5.41) is 23.8. The topological polar surface area (TPSA) is 202 Å². The van der Waals surface area contributed by atoms with Crippen LogP contribution < -0.4 is 20.1 Å². The molecule has 15 nitrogen and oxygen atoms in total. The van der Waals surface area contributed by atoms with E-state index >= 15 is 4.39 Å². The summed E-state index contributed by atoms with van der Waals surface area (Å²) >= 11 is 0. The molecule has 6 atom stereocenters. The summed E-state index contributed by atoms with van der Waals surface area (Å²) in [7, 11) is -4.51. The van der Waals surface area contributed by atoms with Crippen molar-refractivity contribution in [1.29, 1.82) is 0 Å². The number of fused-ring (bicyclic) bond motifs is 1. The normalized spacial score (nSPS) is 24.7. The molecule has 1 aliphatic heterocycles. The molecule has 224 valence electrons. The van der Waals surface area contributed by atoms with Crippen LogP contribution in [0, 0.1) is 0 Å². The maximum absolute atomic E-state index is 16.0. The summed E-state index contributed by atoms with van der Waals surface area (Å²) in [6.07, 6.45) is -4.86. The first-order valence-corrected chi connectivity index (χ1v) is 14.2. The predicted molar refractivity (Wildman–Crippen MR) is 141 cm³/mol. The van der Waals surface area contributed by atoms with Gasteiger partial charge < -0.3 is 34.7 Å². The SMILES string of the molecule is CCOc1nc(N)nc2c1ncn2C1O[C@](F)(CO[P@](=O)(N[C@H](C)C(=O)OC(C)C)Oc2ccccc2)[C@@H](O)[C@H]1O. The van der Waals surface area contributed by atoms with Crippen molar-refractivity contribution < 1.29 is 47.2 Å². The van der Waals surface area contributed by atoms with Gasteiger partial charge >= 0.3 is 13.7 Å². The molecule has 2 aromatic heterocycles. The maximum Gasteiger partial charge on any atom is 0.459 e. The smallest absolute Gasteiger partial charge is 0.459 e. The van der Waals surface area contributed by atoms with Crippen molar-refractivity contribution >= 4 is 30.8 Å². The number of nitrogen functional groups attached to an aromatic ring is 1. The molecular formula is C24H32FN6O9P. The van der Waals surface area contributed by atoms with Crippen LogP contribution in [0.2, 0.25) is 0 Å². The van der Waals surface area contributed by atoms with Gasteiger partial charge in [0.1, 0.15) is 30.6 Å². The van der Waals surface area contributed by atoms with Crippen molar-refractivity contribution in [3.05, 3.63) is 36.7 Å². The number of imidazole rings is 1. The Labute approximate surface area is 234 Å². The highest BCUT2D eigenvalue weighted by molar-refractivity contribution is 7.52. The van der Waals surface area contributed by atoms with E-state index in [0.717, 1.165) is 4.57 Å². The number of anilines is 1. The zero-order chi connectivity index (χ0) is 29.9. The number of alkyl halides is 1. The first kappa shape index (κ1) is 30.6. The van der Waals surface area contributed by atoms with E-state index in [1.807, 2.05) is 0 Å². The van der Waals surface area contributed by atoms with Gasteiger partial charge in [-0.1, -0.05) is 18.2 Å². The highest BCUT2D eigenvalue weighted by Crippen LogP contribution is 2.48. The predicted octanol–water partition coefficient (Wildman–Crippen LogP) is 1.86. The molecule has 1 aromatic carbocycles. The number of halogens is 1. The minimum Gasteiger partial charge on any atom is -0.476 e. The van der Waals surface area contributed by atoms with Gasteiger partial charge in [0, 0.05) is 0 Å². The van der Waals surface area contributed by atoms with E-state index in [9.17, 15) is 19.6 Å². The Kier molecular flexibility index (Phi) is 9.11. The zero-order valence-corrected chi connectivity index (χ0v) is 23.6. The Bertz CT molecular complexity index is 1410. The Balaban J connectivity index is 1.57. The lowest BCUT2D eigenvalue weighted by atomic mass is 10.1. The van der Waals surface area contributed by atoms with Crippen LogP contribution in [0.4, 0.5) is 10.3 Å². The summed E-state index contributed by atoms with van der Waals surface area (Å²) < 4.78 is 57.7. The number of esters is 1. The first-order chi connectivity index (χ1) is 19.4. The minimum absolute atomic E-state index is 0.0413. The number of nitrogens with one attached hydrogen (secondary N) is 1. The van der Waals surface area contributed by atoms with Crippen molar-refractivity contribution in [3.8, 4) is 11.6 Å². The molecule has 0 saturated carbocycles. The number of aliphatic hydroxyl groups excluding tert-OH is 2. The van der Waals surface area contributed by atoms with E-state index in [0.29, 0.717) is 0 Å². The first-order valence-electron chi connectivity index (χ1n) is 12.7. The Morgan fingerprint density at radius 1 is 1.27 bits per heavy atom. The van der Waals surface area contributed by atoms with Crippen molar-refractivity contribution in [2.75, 3.05) is 18.9 Å². The minimum atomic E-state index is -4.51. The molecule has 4 rings (SSSR count). The number of nitrogens with zero attached hydrogens (tertiary/aromatic N) is 4. The quantitative estimate of drug-likeness (QED) is 0.174. The van der Waals surface area contributed by atoms with Gasteiger partial charge in [-0.3, -0.25) is 13.9 Å². The second kappa shape index (κ2) is 12.2. The summed E-state index contributed by atoms with van der Waals surface area (Å²) in [4.78, 5) is 24.5. The zero-order valence-electron chi connectivity index (χ0n) is 22.7. The summed E-state index contributed by atoms with van der Waals surface area (Å²) in [5.41, 5.74) is 5.97. The molecule has 1 saturated heterocycles. The van der Waals surface area contributed by atoms with Crippen LogP contribution in [0.25, 0.3) is 11.2 Å². The lowest BCUT2D eigenvalue weighted by molar-refractivity contribution is -0.202. The second-order valence-corrected chi connectivity index (χ2v) is 11.1. The highest BCUT2D eigenvalue weighted by Gasteiger charge is 2.57. The standard InChI is InChI=1S/C24H32FN6O9P/c1-5-36-20-16-19(28-23(26)29-20)31(12-27-16)21-17(32)18(33)24(25,39-21)11-37-41(35,40-15-9-7-6-8-10-15)30-14(4)22(34)38-13(2)3/h6-10,12-14,17-18,21,32-33H,5,11H2,1-4H3,(H,30,35)(H2,26,28,29)/t14-,17-,18+,21?,24-,41-/m1/s1. The third kappa shape index (κ3) is 6.74. The number of hydrogen-bond donors (Lipinski definition) is 4. The van der Waals surface area contributed by atoms with E-state index in [1.54, 1.807) is 39.0 Å². The van der Waals surface area contributed by atoms with Crippen LogP contribution >= 0.6 is 7.75 Å². The molecule has 0 spiro atoms. The molecule has 5 N–H and O–H groups in total. The number of ether oxygens (including phenoxy) is 3.